The van der Waals surface area contributed by atoms with E-state index in [9.17, 15) is 0 Å². The lowest BCUT2D eigenvalue weighted by Gasteiger charge is -2.18. The Morgan fingerprint density at radius 2 is 1.96 bits per heavy atom. The number of rotatable bonds is 7. The van der Waals surface area contributed by atoms with E-state index in [0.717, 1.165) is 25.4 Å². The second kappa shape index (κ2) is 7.62. The zero-order chi connectivity index (χ0) is 16.1. The number of likely N-dealkylation sites (tertiary alicyclic amines) is 1. The van der Waals surface area contributed by atoms with Gasteiger partial charge in [-0.25, -0.2) is 0 Å². The van der Waals surface area contributed by atoms with Gasteiger partial charge in [0.25, 0.3) is 0 Å². The molecule has 0 bridgehead atoms. The molecule has 0 amide bonds. The number of benzene rings is 1. The van der Waals surface area contributed by atoms with Crippen LogP contribution in [-0.4, -0.2) is 34.9 Å². The number of aromatic nitrogens is 2. The molecule has 0 aliphatic carbocycles. The van der Waals surface area contributed by atoms with Crippen LogP contribution in [0, 0.1) is 0 Å². The smallest absolute Gasteiger partial charge is 0.123 e. The van der Waals surface area contributed by atoms with Crippen LogP contribution in [0.3, 0.4) is 0 Å². The van der Waals surface area contributed by atoms with E-state index >= 15 is 0 Å². The number of hydrogen-bond acceptors (Lipinski definition) is 4. The Bertz CT molecular complexity index is 632. The molecule has 1 aromatic carbocycles. The number of aryl methyl sites for hydroxylation is 1. The molecular weight excluding hydrogens is 288 g/mol. The molecule has 0 atom stereocenters. The summed E-state index contributed by atoms with van der Waals surface area (Å²) < 4.78 is 7.36. The molecule has 0 radical (unpaired) electrons. The minimum absolute atomic E-state index is 0.835. The monoisotopic (exact) mass is 314 g/mol. The zero-order valence-electron chi connectivity index (χ0n) is 14.1. The normalized spacial score (nSPS) is 15.2. The van der Waals surface area contributed by atoms with E-state index in [-0.39, 0.29) is 0 Å². The quantitative estimate of drug-likeness (QED) is 0.852. The van der Waals surface area contributed by atoms with Crippen molar-refractivity contribution in [3.8, 4) is 5.75 Å². The van der Waals surface area contributed by atoms with Gasteiger partial charge < -0.3 is 10.1 Å². The molecule has 1 aliphatic rings. The second-order valence-corrected chi connectivity index (χ2v) is 6.26. The average molecular weight is 314 g/mol. The Morgan fingerprint density at radius 3 is 2.65 bits per heavy atom. The molecule has 2 aromatic rings. The Kier molecular flexibility index (Phi) is 5.31. The lowest BCUT2D eigenvalue weighted by atomic mass is 10.1. The lowest BCUT2D eigenvalue weighted by Crippen LogP contribution is -2.19. The molecule has 0 unspecified atom stereocenters. The van der Waals surface area contributed by atoms with E-state index in [1.165, 1.54) is 42.6 Å². The summed E-state index contributed by atoms with van der Waals surface area (Å²) in [5.74, 6) is 0.993. The van der Waals surface area contributed by atoms with Crippen LogP contribution in [0.2, 0.25) is 0 Å². The summed E-state index contributed by atoms with van der Waals surface area (Å²) in [7, 11) is 3.70. The molecule has 1 aliphatic heterocycles. The number of ether oxygens (including phenoxy) is 1. The summed E-state index contributed by atoms with van der Waals surface area (Å²) in [4.78, 5) is 2.50. The van der Waals surface area contributed by atoms with Crippen molar-refractivity contribution in [1.82, 2.24) is 20.0 Å². The van der Waals surface area contributed by atoms with Gasteiger partial charge in [0.05, 0.1) is 13.3 Å². The van der Waals surface area contributed by atoms with E-state index in [1.807, 2.05) is 24.1 Å². The van der Waals surface area contributed by atoms with E-state index < -0.39 is 0 Å². The van der Waals surface area contributed by atoms with Crippen molar-refractivity contribution in [3.63, 3.8) is 0 Å². The minimum atomic E-state index is 0.835. The molecule has 1 N–H and O–H groups in total. The third kappa shape index (κ3) is 4.33. The molecule has 124 valence electrons. The minimum Gasteiger partial charge on any atom is -0.496 e. The Morgan fingerprint density at radius 1 is 1.17 bits per heavy atom. The van der Waals surface area contributed by atoms with Crippen LogP contribution in [0.1, 0.15) is 29.5 Å². The van der Waals surface area contributed by atoms with Gasteiger partial charge in [0, 0.05) is 44.0 Å². The van der Waals surface area contributed by atoms with Crippen LogP contribution in [-0.2, 0) is 26.7 Å². The summed E-state index contributed by atoms with van der Waals surface area (Å²) in [5.41, 5.74) is 3.79. The predicted octanol–water partition coefficient (Wildman–Crippen LogP) is 2.31. The average Bonchev–Trinajstić information content (AvgIpc) is 3.20. The largest absolute Gasteiger partial charge is 0.496 e. The van der Waals surface area contributed by atoms with E-state index in [1.54, 1.807) is 7.11 Å². The van der Waals surface area contributed by atoms with Crippen LogP contribution in [0.25, 0.3) is 0 Å². The predicted molar refractivity (Wildman–Crippen MR) is 91.3 cm³/mol. The molecule has 23 heavy (non-hydrogen) atoms. The third-order valence-electron chi connectivity index (χ3n) is 4.35. The van der Waals surface area contributed by atoms with Crippen LogP contribution >= 0.6 is 0 Å². The van der Waals surface area contributed by atoms with Gasteiger partial charge in [-0.2, -0.15) is 5.10 Å². The highest BCUT2D eigenvalue weighted by Gasteiger charge is 2.14. The van der Waals surface area contributed by atoms with Crippen molar-refractivity contribution in [2.45, 2.75) is 32.5 Å². The van der Waals surface area contributed by atoms with E-state index in [2.05, 4.69) is 33.5 Å². The molecule has 1 saturated heterocycles. The highest BCUT2D eigenvalue weighted by atomic mass is 16.5. The van der Waals surface area contributed by atoms with Crippen LogP contribution < -0.4 is 10.1 Å². The summed E-state index contributed by atoms with van der Waals surface area (Å²) in [6, 6.07) is 6.50. The Labute approximate surface area is 138 Å². The molecule has 2 heterocycles. The third-order valence-corrected chi connectivity index (χ3v) is 4.35. The van der Waals surface area contributed by atoms with Crippen LogP contribution in [0.5, 0.6) is 5.75 Å². The summed E-state index contributed by atoms with van der Waals surface area (Å²) in [6.45, 7) is 5.08. The van der Waals surface area contributed by atoms with Crippen molar-refractivity contribution in [2.24, 2.45) is 7.05 Å². The standard InChI is InChI=1S/C18H26N4O/c1-21-13-16(12-20-21)11-19-10-15-5-6-18(23-2)17(9-15)14-22-7-3-4-8-22/h5-6,9,12-13,19H,3-4,7-8,10-11,14H2,1-2H3. The Hall–Kier alpha value is -1.85. The van der Waals surface area contributed by atoms with E-state index in [4.69, 9.17) is 4.74 Å². The maximum absolute atomic E-state index is 5.53. The molecule has 1 aromatic heterocycles. The summed E-state index contributed by atoms with van der Waals surface area (Å²) in [5, 5.41) is 7.67. The first-order valence-electron chi connectivity index (χ1n) is 8.31. The van der Waals surface area contributed by atoms with Crippen molar-refractivity contribution >= 4 is 0 Å². The maximum Gasteiger partial charge on any atom is 0.123 e. The zero-order valence-corrected chi connectivity index (χ0v) is 14.1. The maximum atomic E-state index is 5.53. The fourth-order valence-electron chi connectivity index (χ4n) is 3.16. The first-order valence-corrected chi connectivity index (χ1v) is 8.31. The van der Waals surface area contributed by atoms with Gasteiger partial charge in [0.15, 0.2) is 0 Å². The second-order valence-electron chi connectivity index (χ2n) is 6.26. The molecule has 3 rings (SSSR count). The molecule has 1 fully saturated rings. The Balaban J connectivity index is 1.60. The van der Waals surface area contributed by atoms with Crippen LogP contribution in [0.4, 0.5) is 0 Å². The number of nitrogens with one attached hydrogen (secondary N) is 1. The fraction of sp³-hybridized carbons (Fsp3) is 0.500. The molecule has 0 saturated carbocycles. The van der Waals surface area contributed by atoms with Gasteiger partial charge in [0.2, 0.25) is 0 Å². The topological polar surface area (TPSA) is 42.3 Å². The molecule has 0 spiro atoms. The van der Waals surface area contributed by atoms with Gasteiger partial charge >= 0.3 is 0 Å². The van der Waals surface area contributed by atoms with Crippen molar-refractivity contribution in [2.75, 3.05) is 20.2 Å². The van der Waals surface area contributed by atoms with Gasteiger partial charge in [-0.05, 0) is 43.6 Å². The van der Waals surface area contributed by atoms with E-state index in [0.29, 0.717) is 0 Å². The first-order chi connectivity index (χ1) is 11.2. The van der Waals surface area contributed by atoms with Crippen LogP contribution in [0.15, 0.2) is 30.6 Å². The van der Waals surface area contributed by atoms with Gasteiger partial charge in [-0.1, -0.05) is 6.07 Å². The molecule has 5 heteroatoms. The number of nitrogens with zero attached hydrogens (tertiary/aromatic N) is 3. The summed E-state index contributed by atoms with van der Waals surface area (Å²) in [6.07, 6.45) is 6.57. The highest BCUT2D eigenvalue weighted by Crippen LogP contribution is 2.23. The van der Waals surface area contributed by atoms with Gasteiger partial charge in [0.1, 0.15) is 5.75 Å². The first kappa shape index (κ1) is 16.0. The number of hydrogen-bond donors (Lipinski definition) is 1. The van der Waals surface area contributed by atoms with Crippen molar-refractivity contribution in [1.29, 1.82) is 0 Å². The summed E-state index contributed by atoms with van der Waals surface area (Å²) >= 11 is 0. The van der Waals surface area contributed by atoms with Crippen molar-refractivity contribution < 1.29 is 4.74 Å². The van der Waals surface area contributed by atoms with Gasteiger partial charge in [-0.15, -0.1) is 0 Å². The fourth-order valence-corrected chi connectivity index (χ4v) is 3.16. The van der Waals surface area contributed by atoms with Crippen molar-refractivity contribution in [3.05, 3.63) is 47.3 Å². The number of methoxy groups -OCH3 is 1. The molecule has 5 nitrogen and oxygen atoms in total. The lowest BCUT2D eigenvalue weighted by molar-refractivity contribution is 0.320. The SMILES string of the molecule is COc1ccc(CNCc2cnn(C)c2)cc1CN1CCCC1. The molecular formula is C18H26N4O. The highest BCUT2D eigenvalue weighted by molar-refractivity contribution is 5.37. The van der Waals surface area contributed by atoms with Gasteiger partial charge in [-0.3, -0.25) is 9.58 Å².